The average molecular weight is 292 g/mol. The van der Waals surface area contributed by atoms with E-state index in [0.717, 1.165) is 12.8 Å². The van der Waals surface area contributed by atoms with Crippen LogP contribution in [0.2, 0.25) is 0 Å². The van der Waals surface area contributed by atoms with Crippen LogP contribution in [0, 0.1) is 5.41 Å². The molecule has 0 radical (unpaired) electrons. The van der Waals surface area contributed by atoms with Crippen molar-refractivity contribution in [2.24, 2.45) is 11.1 Å². The second kappa shape index (κ2) is 5.97. The number of hydrogen-bond acceptors (Lipinski definition) is 4. The number of carbonyl (C=O) groups excluding carboxylic acids is 1. The van der Waals surface area contributed by atoms with Gasteiger partial charge in [0.25, 0.3) is 0 Å². The molecule has 0 aliphatic heterocycles. The molecule has 0 aromatic heterocycles. The summed E-state index contributed by atoms with van der Waals surface area (Å²) in [6, 6.07) is 0. The van der Waals surface area contributed by atoms with Crippen molar-refractivity contribution >= 4 is 33.0 Å². The van der Waals surface area contributed by atoms with Gasteiger partial charge in [-0.3, -0.25) is 4.79 Å². The minimum Gasteiger partial charge on any atom is -0.392 e. The van der Waals surface area contributed by atoms with Crippen LogP contribution in [0.1, 0.15) is 32.6 Å². The molecular formula is C11H20N2O3S2. The predicted molar refractivity (Wildman–Crippen MR) is 75.0 cm³/mol. The van der Waals surface area contributed by atoms with Crippen LogP contribution in [0.4, 0.5) is 0 Å². The third-order valence-electron chi connectivity index (χ3n) is 3.50. The van der Waals surface area contributed by atoms with Crippen molar-refractivity contribution in [3.05, 3.63) is 0 Å². The number of nitrogens with one attached hydrogen (secondary N) is 1. The van der Waals surface area contributed by atoms with E-state index in [1.165, 1.54) is 0 Å². The second-order valence-electron chi connectivity index (χ2n) is 4.65. The van der Waals surface area contributed by atoms with Crippen molar-refractivity contribution in [1.29, 1.82) is 0 Å². The minimum atomic E-state index is -3.06. The number of rotatable bonds is 6. The molecule has 1 rings (SSSR count). The molecule has 7 heteroatoms. The van der Waals surface area contributed by atoms with Gasteiger partial charge in [0.15, 0.2) is 9.84 Å². The molecule has 5 nitrogen and oxygen atoms in total. The number of thiocarbonyl (C=S) groups is 1. The molecule has 18 heavy (non-hydrogen) atoms. The Morgan fingerprint density at radius 3 is 2.39 bits per heavy atom. The Morgan fingerprint density at radius 2 is 1.94 bits per heavy atom. The van der Waals surface area contributed by atoms with Crippen LogP contribution in [0.15, 0.2) is 0 Å². The highest BCUT2D eigenvalue weighted by atomic mass is 32.2. The third-order valence-corrected chi connectivity index (χ3v) is 5.60. The van der Waals surface area contributed by atoms with Crippen LogP contribution in [-0.2, 0) is 14.6 Å². The van der Waals surface area contributed by atoms with Gasteiger partial charge >= 0.3 is 0 Å². The lowest BCUT2D eigenvalue weighted by Gasteiger charge is -2.26. The van der Waals surface area contributed by atoms with Crippen molar-refractivity contribution in [1.82, 2.24) is 5.32 Å². The number of amides is 1. The molecule has 1 fully saturated rings. The maximum Gasteiger partial charge on any atom is 0.233 e. The molecule has 0 heterocycles. The molecular weight excluding hydrogens is 272 g/mol. The Labute approximate surface area is 113 Å². The summed E-state index contributed by atoms with van der Waals surface area (Å²) in [5.41, 5.74) is 4.91. The summed E-state index contributed by atoms with van der Waals surface area (Å²) >= 11 is 4.99. The highest BCUT2D eigenvalue weighted by Crippen LogP contribution is 2.38. The van der Waals surface area contributed by atoms with Gasteiger partial charge in [0, 0.05) is 12.3 Å². The van der Waals surface area contributed by atoms with Gasteiger partial charge in [-0.15, -0.1) is 0 Å². The largest absolute Gasteiger partial charge is 0.392 e. The van der Waals surface area contributed by atoms with Gasteiger partial charge in [0.05, 0.1) is 16.2 Å². The van der Waals surface area contributed by atoms with Crippen LogP contribution < -0.4 is 11.1 Å². The van der Waals surface area contributed by atoms with Crippen molar-refractivity contribution in [2.45, 2.75) is 32.6 Å². The van der Waals surface area contributed by atoms with Crippen molar-refractivity contribution in [3.8, 4) is 0 Å². The SMILES string of the molecule is CCS(=O)(=O)CCNC(=O)C1(C(N)=S)CCCC1. The lowest BCUT2D eigenvalue weighted by molar-refractivity contribution is -0.127. The fraction of sp³-hybridized carbons (Fsp3) is 0.818. The first-order chi connectivity index (χ1) is 8.34. The molecule has 0 unspecified atom stereocenters. The highest BCUT2D eigenvalue weighted by molar-refractivity contribution is 7.91. The minimum absolute atomic E-state index is 0.0390. The quantitative estimate of drug-likeness (QED) is 0.691. The summed E-state index contributed by atoms with van der Waals surface area (Å²) in [4.78, 5) is 12.3. The van der Waals surface area contributed by atoms with Gasteiger partial charge in [-0.05, 0) is 12.8 Å². The van der Waals surface area contributed by atoms with E-state index in [1.54, 1.807) is 6.92 Å². The Hall–Kier alpha value is -0.690. The Balaban J connectivity index is 2.57. The molecule has 0 bridgehead atoms. The first kappa shape index (κ1) is 15.4. The molecule has 0 aromatic carbocycles. The first-order valence-electron chi connectivity index (χ1n) is 6.13. The number of carbonyl (C=O) groups is 1. The lowest BCUT2D eigenvalue weighted by Crippen LogP contribution is -2.48. The van der Waals surface area contributed by atoms with Crippen LogP contribution in [0.5, 0.6) is 0 Å². The van der Waals surface area contributed by atoms with E-state index in [4.69, 9.17) is 18.0 Å². The number of sulfone groups is 1. The molecule has 1 amide bonds. The van der Waals surface area contributed by atoms with Gasteiger partial charge < -0.3 is 11.1 Å². The van der Waals surface area contributed by atoms with E-state index in [1.807, 2.05) is 0 Å². The molecule has 1 aliphatic carbocycles. The van der Waals surface area contributed by atoms with E-state index < -0.39 is 15.3 Å². The predicted octanol–water partition coefficient (Wildman–Crippen LogP) is 0.384. The maximum absolute atomic E-state index is 12.1. The Morgan fingerprint density at radius 1 is 1.39 bits per heavy atom. The summed E-state index contributed by atoms with van der Waals surface area (Å²) in [7, 11) is -3.06. The first-order valence-corrected chi connectivity index (χ1v) is 8.35. The summed E-state index contributed by atoms with van der Waals surface area (Å²) in [5.74, 6) is -0.176. The van der Waals surface area contributed by atoms with Gasteiger partial charge in [-0.2, -0.15) is 0 Å². The summed E-state index contributed by atoms with van der Waals surface area (Å²) in [6.45, 7) is 1.71. The molecule has 104 valence electrons. The van der Waals surface area contributed by atoms with E-state index in [0.29, 0.717) is 12.8 Å². The summed E-state index contributed by atoms with van der Waals surface area (Å²) in [5, 5.41) is 2.65. The summed E-state index contributed by atoms with van der Waals surface area (Å²) in [6.07, 6.45) is 3.18. The van der Waals surface area contributed by atoms with E-state index in [2.05, 4.69) is 5.32 Å². The Kier molecular flexibility index (Phi) is 5.10. The van der Waals surface area contributed by atoms with Gasteiger partial charge in [0.1, 0.15) is 0 Å². The van der Waals surface area contributed by atoms with Gasteiger partial charge in [-0.1, -0.05) is 32.0 Å². The van der Waals surface area contributed by atoms with E-state index in [9.17, 15) is 13.2 Å². The van der Waals surface area contributed by atoms with Crippen molar-refractivity contribution in [3.63, 3.8) is 0 Å². The zero-order chi connectivity index (χ0) is 13.8. The van der Waals surface area contributed by atoms with Crippen LogP contribution in [0.25, 0.3) is 0 Å². The molecule has 3 N–H and O–H groups in total. The molecule has 0 saturated heterocycles. The van der Waals surface area contributed by atoms with Crippen LogP contribution in [-0.4, -0.2) is 37.4 Å². The molecule has 1 aliphatic rings. The smallest absolute Gasteiger partial charge is 0.233 e. The number of nitrogens with two attached hydrogens (primary N) is 1. The van der Waals surface area contributed by atoms with Gasteiger partial charge in [0.2, 0.25) is 5.91 Å². The van der Waals surface area contributed by atoms with Crippen molar-refractivity contribution < 1.29 is 13.2 Å². The fourth-order valence-corrected chi connectivity index (χ4v) is 3.20. The van der Waals surface area contributed by atoms with E-state index >= 15 is 0 Å². The monoisotopic (exact) mass is 292 g/mol. The van der Waals surface area contributed by atoms with E-state index in [-0.39, 0.29) is 28.9 Å². The molecule has 1 saturated carbocycles. The lowest BCUT2D eigenvalue weighted by atomic mass is 9.85. The Bertz CT molecular complexity index is 426. The van der Waals surface area contributed by atoms with Crippen LogP contribution >= 0.6 is 12.2 Å². The normalized spacial score (nSPS) is 18.5. The summed E-state index contributed by atoms with van der Waals surface area (Å²) < 4.78 is 22.6. The maximum atomic E-state index is 12.1. The topological polar surface area (TPSA) is 89.3 Å². The zero-order valence-electron chi connectivity index (χ0n) is 10.6. The zero-order valence-corrected chi connectivity index (χ0v) is 12.2. The fourth-order valence-electron chi connectivity index (χ4n) is 2.20. The standard InChI is InChI=1S/C11H20N2O3S2/c1-2-18(15,16)8-7-13-10(14)11(9(12)17)5-3-4-6-11/h2-8H2,1H3,(H2,12,17)(H,13,14). The second-order valence-corrected chi connectivity index (χ2v) is 7.56. The highest BCUT2D eigenvalue weighted by Gasteiger charge is 2.43. The van der Waals surface area contributed by atoms with Crippen LogP contribution in [0.3, 0.4) is 0 Å². The molecule has 0 atom stereocenters. The molecule has 0 aromatic rings. The average Bonchev–Trinajstić information content (AvgIpc) is 2.79. The van der Waals surface area contributed by atoms with Gasteiger partial charge in [-0.25, -0.2) is 8.42 Å². The number of hydrogen-bond donors (Lipinski definition) is 2. The third kappa shape index (κ3) is 3.41. The molecule has 0 spiro atoms. The van der Waals surface area contributed by atoms with Crippen molar-refractivity contribution in [2.75, 3.05) is 18.1 Å².